The predicted molar refractivity (Wildman–Crippen MR) is 140 cm³/mol. The van der Waals surface area contributed by atoms with Crippen LogP contribution in [0.4, 0.5) is 0 Å². The van der Waals surface area contributed by atoms with E-state index in [1.165, 1.54) is 11.1 Å². The minimum absolute atomic E-state index is 0.0119. The molecule has 7 nitrogen and oxygen atoms in total. The van der Waals surface area contributed by atoms with Crippen LogP contribution in [0.15, 0.2) is 48.5 Å². The van der Waals surface area contributed by atoms with E-state index in [-0.39, 0.29) is 36.5 Å². The summed E-state index contributed by atoms with van der Waals surface area (Å²) in [4.78, 5) is 29.9. The van der Waals surface area contributed by atoms with Crippen LogP contribution in [0.1, 0.15) is 60.6 Å². The largest absolute Gasteiger partial charge is 0.484 e. The van der Waals surface area contributed by atoms with E-state index in [4.69, 9.17) is 9.47 Å². The van der Waals surface area contributed by atoms with Gasteiger partial charge in [0.15, 0.2) is 6.61 Å². The Morgan fingerprint density at radius 3 is 2.28 bits per heavy atom. The SMILES string of the molecule is Cc1ccc(C(CNC(=O)c2ccc(OCC(=O)N3C(C)CCCC3C)cc2)N2CCOCC2)cc1. The maximum absolute atomic E-state index is 12.9. The smallest absolute Gasteiger partial charge is 0.260 e. The molecule has 2 amide bonds. The van der Waals surface area contributed by atoms with Gasteiger partial charge in [0.25, 0.3) is 11.8 Å². The minimum Gasteiger partial charge on any atom is -0.484 e. The van der Waals surface area contributed by atoms with E-state index in [2.05, 4.69) is 55.3 Å². The van der Waals surface area contributed by atoms with Crippen molar-refractivity contribution in [2.45, 2.75) is 58.2 Å². The Hall–Kier alpha value is -2.90. The third kappa shape index (κ3) is 6.65. The number of amides is 2. The number of carbonyl (C=O) groups is 2. The summed E-state index contributed by atoms with van der Waals surface area (Å²) >= 11 is 0. The molecule has 194 valence electrons. The number of nitrogens with zero attached hydrogens (tertiary/aromatic N) is 2. The molecular formula is C29H39N3O4. The van der Waals surface area contributed by atoms with Crippen molar-refractivity contribution in [1.29, 1.82) is 0 Å². The average Bonchev–Trinajstić information content (AvgIpc) is 2.89. The van der Waals surface area contributed by atoms with Crippen LogP contribution in [0.3, 0.4) is 0 Å². The van der Waals surface area contributed by atoms with E-state index in [1.807, 2.05) is 4.90 Å². The number of benzene rings is 2. The summed E-state index contributed by atoms with van der Waals surface area (Å²) in [6, 6.07) is 16.1. The van der Waals surface area contributed by atoms with Crippen molar-refractivity contribution < 1.29 is 19.1 Å². The first-order valence-electron chi connectivity index (χ1n) is 13.1. The van der Waals surface area contributed by atoms with Gasteiger partial charge in [0.2, 0.25) is 0 Å². The summed E-state index contributed by atoms with van der Waals surface area (Å²) in [7, 11) is 0. The third-order valence-electron chi connectivity index (χ3n) is 7.36. The highest BCUT2D eigenvalue weighted by molar-refractivity contribution is 5.94. The Morgan fingerprint density at radius 1 is 1.00 bits per heavy atom. The zero-order valence-electron chi connectivity index (χ0n) is 21.7. The van der Waals surface area contributed by atoms with Gasteiger partial charge in [-0.25, -0.2) is 0 Å². The number of rotatable bonds is 8. The second-order valence-electron chi connectivity index (χ2n) is 10.0. The molecule has 2 heterocycles. The van der Waals surface area contributed by atoms with E-state index in [9.17, 15) is 9.59 Å². The van der Waals surface area contributed by atoms with Gasteiger partial charge in [-0.15, -0.1) is 0 Å². The standard InChI is InChI=1S/C29H39N3O4/c1-21-7-9-24(10-8-21)27(31-15-17-35-18-16-31)19-30-29(34)25-11-13-26(14-12-25)36-20-28(33)32-22(2)5-4-6-23(32)3/h7-14,22-23,27H,4-6,15-20H2,1-3H3,(H,30,34). The minimum atomic E-state index is -0.126. The number of carbonyl (C=O) groups excluding carboxylic acids is 2. The number of hydrogen-bond donors (Lipinski definition) is 1. The lowest BCUT2D eigenvalue weighted by atomic mass is 9.97. The second-order valence-corrected chi connectivity index (χ2v) is 10.0. The fourth-order valence-corrected chi connectivity index (χ4v) is 5.26. The molecule has 0 bridgehead atoms. The molecular weight excluding hydrogens is 454 g/mol. The molecule has 3 unspecified atom stereocenters. The molecule has 2 aliphatic heterocycles. The summed E-state index contributed by atoms with van der Waals surface area (Å²) in [5, 5.41) is 3.11. The summed E-state index contributed by atoms with van der Waals surface area (Å²) in [6.45, 7) is 9.90. The van der Waals surface area contributed by atoms with Crippen molar-refractivity contribution in [3.8, 4) is 5.75 Å². The summed E-state index contributed by atoms with van der Waals surface area (Å²) in [6.07, 6.45) is 3.24. The molecule has 7 heteroatoms. The molecule has 0 spiro atoms. The van der Waals surface area contributed by atoms with Crippen LogP contribution in [0.2, 0.25) is 0 Å². The summed E-state index contributed by atoms with van der Waals surface area (Å²) < 4.78 is 11.3. The number of hydrogen-bond acceptors (Lipinski definition) is 5. The van der Waals surface area contributed by atoms with Crippen molar-refractivity contribution >= 4 is 11.8 Å². The van der Waals surface area contributed by atoms with Crippen molar-refractivity contribution in [2.75, 3.05) is 39.5 Å². The van der Waals surface area contributed by atoms with Crippen LogP contribution < -0.4 is 10.1 Å². The Kier molecular flexibility index (Phi) is 8.99. The third-order valence-corrected chi connectivity index (χ3v) is 7.36. The number of piperidine rings is 1. The van der Waals surface area contributed by atoms with Crippen molar-refractivity contribution in [3.05, 3.63) is 65.2 Å². The lowest BCUT2D eigenvalue weighted by Gasteiger charge is -2.38. The molecule has 36 heavy (non-hydrogen) atoms. The molecule has 0 aromatic heterocycles. The summed E-state index contributed by atoms with van der Waals surface area (Å²) in [5.74, 6) is 0.476. The average molecular weight is 494 g/mol. The van der Waals surface area contributed by atoms with Gasteiger partial charge in [-0.1, -0.05) is 29.8 Å². The maximum Gasteiger partial charge on any atom is 0.260 e. The van der Waals surface area contributed by atoms with Crippen LogP contribution in [-0.4, -0.2) is 73.2 Å². The van der Waals surface area contributed by atoms with E-state index in [0.29, 0.717) is 31.1 Å². The summed E-state index contributed by atoms with van der Waals surface area (Å²) in [5.41, 5.74) is 2.97. The lowest BCUT2D eigenvalue weighted by molar-refractivity contribution is -0.139. The van der Waals surface area contributed by atoms with Crippen molar-refractivity contribution in [3.63, 3.8) is 0 Å². The monoisotopic (exact) mass is 493 g/mol. The Balaban J connectivity index is 1.32. The van der Waals surface area contributed by atoms with Gasteiger partial charge in [-0.2, -0.15) is 0 Å². The van der Waals surface area contributed by atoms with E-state index in [1.54, 1.807) is 24.3 Å². The number of ether oxygens (including phenoxy) is 2. The molecule has 2 fully saturated rings. The number of likely N-dealkylation sites (tertiary alicyclic amines) is 1. The molecule has 2 aromatic rings. The quantitative estimate of drug-likeness (QED) is 0.603. The number of nitrogens with one attached hydrogen (secondary N) is 1. The first-order valence-corrected chi connectivity index (χ1v) is 13.1. The van der Waals surface area contributed by atoms with Crippen LogP contribution >= 0.6 is 0 Å². The van der Waals surface area contributed by atoms with Gasteiger partial charge >= 0.3 is 0 Å². The zero-order chi connectivity index (χ0) is 25.5. The van der Waals surface area contributed by atoms with Crippen LogP contribution in [0.5, 0.6) is 5.75 Å². The molecule has 3 atom stereocenters. The predicted octanol–water partition coefficient (Wildman–Crippen LogP) is 3.97. The fourth-order valence-electron chi connectivity index (χ4n) is 5.26. The second kappa shape index (κ2) is 12.4. The van der Waals surface area contributed by atoms with Crippen molar-refractivity contribution in [2.24, 2.45) is 0 Å². The molecule has 2 aromatic carbocycles. The van der Waals surface area contributed by atoms with Gasteiger partial charge in [0.05, 0.1) is 19.3 Å². The number of morpholine rings is 1. The molecule has 4 rings (SSSR count). The Labute approximate surface area is 214 Å². The molecule has 1 N–H and O–H groups in total. The molecule has 0 radical (unpaired) electrons. The van der Waals surface area contributed by atoms with E-state index < -0.39 is 0 Å². The van der Waals surface area contributed by atoms with Gasteiger partial charge in [0.1, 0.15) is 5.75 Å². The molecule has 0 aliphatic carbocycles. The fraction of sp³-hybridized carbons (Fsp3) is 0.517. The van der Waals surface area contributed by atoms with Crippen LogP contribution in [0.25, 0.3) is 0 Å². The van der Waals surface area contributed by atoms with E-state index >= 15 is 0 Å². The molecule has 2 aliphatic rings. The lowest BCUT2D eigenvalue weighted by Crippen LogP contribution is -2.49. The first kappa shape index (κ1) is 26.2. The highest BCUT2D eigenvalue weighted by atomic mass is 16.5. The highest BCUT2D eigenvalue weighted by Gasteiger charge is 2.29. The van der Waals surface area contributed by atoms with Gasteiger partial charge < -0.3 is 19.7 Å². The Morgan fingerprint density at radius 2 is 1.64 bits per heavy atom. The molecule has 0 saturated carbocycles. The van der Waals surface area contributed by atoms with Crippen LogP contribution in [0, 0.1) is 6.92 Å². The Bertz CT molecular complexity index is 992. The number of aryl methyl sites for hydroxylation is 1. The topological polar surface area (TPSA) is 71.1 Å². The highest BCUT2D eigenvalue weighted by Crippen LogP contribution is 2.24. The van der Waals surface area contributed by atoms with Gasteiger partial charge in [0, 0.05) is 37.3 Å². The maximum atomic E-state index is 12.9. The van der Waals surface area contributed by atoms with Gasteiger partial charge in [-0.05, 0) is 69.9 Å². The van der Waals surface area contributed by atoms with Gasteiger partial charge in [-0.3, -0.25) is 14.5 Å². The normalized spacial score (nSPS) is 21.6. The van der Waals surface area contributed by atoms with E-state index in [0.717, 1.165) is 32.4 Å². The van der Waals surface area contributed by atoms with Crippen molar-refractivity contribution in [1.82, 2.24) is 15.1 Å². The first-order chi connectivity index (χ1) is 17.4. The molecule has 2 saturated heterocycles. The van der Waals surface area contributed by atoms with Crippen LogP contribution in [-0.2, 0) is 9.53 Å². The zero-order valence-corrected chi connectivity index (χ0v) is 21.7.